The van der Waals surface area contributed by atoms with Crippen LogP contribution in [0, 0.1) is 11.3 Å². The summed E-state index contributed by atoms with van der Waals surface area (Å²) in [6.07, 6.45) is 5.97. The van der Waals surface area contributed by atoms with Gasteiger partial charge in [0.2, 0.25) is 10.0 Å². The van der Waals surface area contributed by atoms with Gasteiger partial charge in [-0.3, -0.25) is 0 Å². The summed E-state index contributed by atoms with van der Waals surface area (Å²) < 4.78 is 27.6. The first-order valence-corrected chi connectivity index (χ1v) is 9.38. The van der Waals surface area contributed by atoms with Gasteiger partial charge in [-0.2, -0.15) is 17.0 Å². The Morgan fingerprint density at radius 1 is 1.35 bits per heavy atom. The summed E-state index contributed by atoms with van der Waals surface area (Å²) in [5.74, 6) is 0. The fraction of sp³-hybridized carbons (Fsp3) is 0.500. The first kappa shape index (κ1) is 15.4. The molecule has 0 bridgehead atoms. The lowest BCUT2D eigenvalue weighted by Crippen LogP contribution is -2.39. The molecule has 0 saturated heterocycles. The average molecular weight is 310 g/mol. The van der Waals surface area contributed by atoms with Crippen LogP contribution in [0.3, 0.4) is 0 Å². The number of hydrogen-bond acceptors (Lipinski definition) is 4. The fourth-order valence-corrected chi connectivity index (χ4v) is 4.81. The Labute approximate surface area is 124 Å². The van der Waals surface area contributed by atoms with E-state index < -0.39 is 10.0 Å². The third-order valence-electron chi connectivity index (χ3n) is 3.58. The minimum Gasteiger partial charge on any atom is -0.208 e. The summed E-state index contributed by atoms with van der Waals surface area (Å²) in [5, 5.41) is 9.54. The van der Waals surface area contributed by atoms with Gasteiger partial charge in [-0.25, -0.2) is 13.1 Å². The van der Waals surface area contributed by atoms with Crippen LogP contribution in [0.1, 0.15) is 31.2 Å². The molecule has 0 heterocycles. The summed E-state index contributed by atoms with van der Waals surface area (Å²) in [4.78, 5) is 0.0776. The Balaban J connectivity index is 2.17. The number of rotatable bonds is 4. The number of nitrogens with zero attached hydrogens (tertiary/aromatic N) is 1. The highest BCUT2D eigenvalue weighted by atomic mass is 32.2. The second-order valence-electron chi connectivity index (χ2n) is 4.95. The van der Waals surface area contributed by atoms with Gasteiger partial charge in [-0.05, 0) is 37.7 Å². The SMILES string of the molecule is CSC1CCCC(NS(=O)(=O)c2ccccc2C#N)C1. The second-order valence-corrected chi connectivity index (χ2v) is 7.77. The quantitative estimate of drug-likeness (QED) is 0.927. The standard InChI is InChI=1S/C14H18N2O2S2/c1-19-13-7-4-6-12(9-13)16-20(17,18)14-8-3-2-5-11(14)10-15/h2-3,5,8,12-13,16H,4,6-7,9H2,1H3. The highest BCUT2D eigenvalue weighted by Crippen LogP contribution is 2.28. The van der Waals surface area contributed by atoms with Crippen molar-refractivity contribution in [3.05, 3.63) is 29.8 Å². The van der Waals surface area contributed by atoms with Gasteiger partial charge in [0.05, 0.1) is 10.5 Å². The molecule has 6 heteroatoms. The van der Waals surface area contributed by atoms with E-state index in [1.54, 1.807) is 23.9 Å². The third-order valence-corrected chi connectivity index (χ3v) is 6.25. The van der Waals surface area contributed by atoms with E-state index >= 15 is 0 Å². The average Bonchev–Trinajstić information content (AvgIpc) is 2.47. The fourth-order valence-electron chi connectivity index (χ4n) is 2.54. The van der Waals surface area contributed by atoms with Crippen molar-refractivity contribution in [1.82, 2.24) is 4.72 Å². The maximum Gasteiger partial charge on any atom is 0.242 e. The number of thioether (sulfide) groups is 1. The molecule has 0 aliphatic heterocycles. The van der Waals surface area contributed by atoms with Crippen LogP contribution < -0.4 is 4.72 Å². The molecule has 4 nitrogen and oxygen atoms in total. The Bertz CT molecular complexity index is 608. The zero-order chi connectivity index (χ0) is 14.6. The summed E-state index contributed by atoms with van der Waals surface area (Å²) in [6, 6.07) is 8.22. The van der Waals surface area contributed by atoms with Crippen molar-refractivity contribution in [3.8, 4) is 6.07 Å². The van der Waals surface area contributed by atoms with Crippen molar-refractivity contribution < 1.29 is 8.42 Å². The molecule has 1 aliphatic carbocycles. The molecule has 0 spiro atoms. The topological polar surface area (TPSA) is 70.0 Å². The molecule has 1 aliphatic rings. The van der Waals surface area contributed by atoms with Crippen LogP contribution in [0.2, 0.25) is 0 Å². The lowest BCUT2D eigenvalue weighted by atomic mass is 9.96. The minimum absolute atomic E-state index is 0.0297. The molecular formula is C14H18N2O2S2. The van der Waals surface area contributed by atoms with Gasteiger partial charge in [0.15, 0.2) is 0 Å². The van der Waals surface area contributed by atoms with Crippen LogP contribution in [0.15, 0.2) is 29.2 Å². The van der Waals surface area contributed by atoms with Crippen LogP contribution in [0.5, 0.6) is 0 Å². The van der Waals surface area contributed by atoms with Crippen LogP contribution >= 0.6 is 11.8 Å². The van der Waals surface area contributed by atoms with Gasteiger partial charge < -0.3 is 0 Å². The maximum atomic E-state index is 12.4. The van der Waals surface area contributed by atoms with Crippen LogP contribution in [0.4, 0.5) is 0 Å². The molecule has 0 aromatic heterocycles. The lowest BCUT2D eigenvalue weighted by molar-refractivity contribution is 0.421. The summed E-state index contributed by atoms with van der Waals surface area (Å²) in [6.45, 7) is 0. The molecule has 2 atom stereocenters. The van der Waals surface area contributed by atoms with E-state index in [2.05, 4.69) is 11.0 Å². The summed E-state index contributed by atoms with van der Waals surface area (Å²) >= 11 is 1.79. The van der Waals surface area contributed by atoms with Gasteiger partial charge in [0, 0.05) is 11.3 Å². The molecule has 1 aromatic carbocycles. The van der Waals surface area contributed by atoms with Gasteiger partial charge >= 0.3 is 0 Å². The molecule has 20 heavy (non-hydrogen) atoms. The Hall–Kier alpha value is -1.03. The number of benzene rings is 1. The Kier molecular flexibility index (Phi) is 5.08. The van der Waals surface area contributed by atoms with Gasteiger partial charge in [-0.1, -0.05) is 18.6 Å². The Morgan fingerprint density at radius 3 is 2.80 bits per heavy atom. The smallest absolute Gasteiger partial charge is 0.208 e. The molecule has 2 rings (SSSR count). The molecular weight excluding hydrogens is 292 g/mol. The predicted molar refractivity (Wildman–Crippen MR) is 81.0 cm³/mol. The van der Waals surface area contributed by atoms with Crippen LogP contribution in [0.25, 0.3) is 0 Å². The number of sulfonamides is 1. The molecule has 1 fully saturated rings. The largest absolute Gasteiger partial charge is 0.242 e. The monoisotopic (exact) mass is 310 g/mol. The lowest BCUT2D eigenvalue weighted by Gasteiger charge is -2.28. The van der Waals surface area contributed by atoms with Crippen molar-refractivity contribution in [2.45, 2.75) is 41.9 Å². The van der Waals surface area contributed by atoms with E-state index in [0.717, 1.165) is 25.7 Å². The zero-order valence-electron chi connectivity index (χ0n) is 11.4. The van der Waals surface area contributed by atoms with Crippen molar-refractivity contribution in [2.24, 2.45) is 0 Å². The van der Waals surface area contributed by atoms with Gasteiger partial charge in [0.25, 0.3) is 0 Å². The predicted octanol–water partition coefficient (Wildman–Crippen LogP) is 2.51. The van der Waals surface area contributed by atoms with Crippen molar-refractivity contribution >= 4 is 21.8 Å². The molecule has 1 aromatic rings. The van der Waals surface area contributed by atoms with E-state index in [4.69, 9.17) is 5.26 Å². The number of nitrogens with one attached hydrogen (secondary N) is 1. The van der Waals surface area contributed by atoms with Crippen molar-refractivity contribution in [1.29, 1.82) is 5.26 Å². The van der Waals surface area contributed by atoms with E-state index in [1.165, 1.54) is 12.1 Å². The maximum absolute atomic E-state index is 12.4. The van der Waals surface area contributed by atoms with Gasteiger partial charge in [0.1, 0.15) is 6.07 Å². The Morgan fingerprint density at radius 2 is 2.10 bits per heavy atom. The highest BCUT2D eigenvalue weighted by molar-refractivity contribution is 7.99. The van der Waals surface area contributed by atoms with E-state index in [9.17, 15) is 8.42 Å². The highest BCUT2D eigenvalue weighted by Gasteiger charge is 2.27. The van der Waals surface area contributed by atoms with Crippen molar-refractivity contribution in [2.75, 3.05) is 6.26 Å². The van der Waals surface area contributed by atoms with Crippen LogP contribution in [-0.4, -0.2) is 26.0 Å². The zero-order valence-corrected chi connectivity index (χ0v) is 13.0. The minimum atomic E-state index is -3.62. The normalized spacial score (nSPS) is 23.2. The van der Waals surface area contributed by atoms with E-state index in [1.807, 2.05) is 6.07 Å². The summed E-state index contributed by atoms with van der Waals surface area (Å²) in [5.41, 5.74) is 0.192. The second kappa shape index (κ2) is 6.61. The first-order valence-electron chi connectivity index (χ1n) is 6.61. The van der Waals surface area contributed by atoms with Gasteiger partial charge in [-0.15, -0.1) is 0 Å². The van der Waals surface area contributed by atoms with E-state index in [0.29, 0.717) is 5.25 Å². The molecule has 108 valence electrons. The molecule has 1 saturated carbocycles. The summed E-state index contributed by atoms with van der Waals surface area (Å²) in [7, 11) is -3.62. The molecule has 1 N–H and O–H groups in total. The molecule has 0 radical (unpaired) electrons. The molecule has 0 amide bonds. The third kappa shape index (κ3) is 3.54. The van der Waals surface area contributed by atoms with Crippen LogP contribution in [-0.2, 0) is 10.0 Å². The van der Waals surface area contributed by atoms with Crippen molar-refractivity contribution in [3.63, 3.8) is 0 Å². The molecule has 2 unspecified atom stereocenters. The van der Waals surface area contributed by atoms with E-state index in [-0.39, 0.29) is 16.5 Å². The first-order chi connectivity index (χ1) is 9.56. The number of hydrogen-bond donors (Lipinski definition) is 1. The number of nitriles is 1.